The zero-order valence-corrected chi connectivity index (χ0v) is 19.3. The molecule has 1 aromatic heterocycles. The summed E-state index contributed by atoms with van der Waals surface area (Å²) in [4.78, 5) is 29.6. The number of aromatic nitrogens is 2. The van der Waals surface area contributed by atoms with Crippen molar-refractivity contribution in [3.05, 3.63) is 82.7 Å². The van der Waals surface area contributed by atoms with Crippen LogP contribution in [-0.4, -0.2) is 57.6 Å². The molecule has 0 radical (unpaired) electrons. The lowest BCUT2D eigenvalue weighted by molar-refractivity contribution is -0.137. The first-order valence-corrected chi connectivity index (χ1v) is 11.6. The lowest BCUT2D eigenvalue weighted by atomic mass is 10.1. The van der Waals surface area contributed by atoms with Gasteiger partial charge in [-0.25, -0.2) is 4.68 Å². The number of rotatable bonds is 4. The largest absolute Gasteiger partial charge is 0.416 e. The van der Waals surface area contributed by atoms with Gasteiger partial charge in [0.1, 0.15) is 0 Å². The lowest BCUT2D eigenvalue weighted by Crippen LogP contribution is -2.50. The normalized spacial score (nSPS) is 16.5. The monoisotopic (exact) mass is 482 g/mol. The highest BCUT2D eigenvalue weighted by Crippen LogP contribution is 2.43. The molecular weight excluding hydrogens is 457 g/mol. The summed E-state index contributed by atoms with van der Waals surface area (Å²) in [5.74, 6) is -0.170. The molecule has 9 heteroatoms. The average Bonchev–Trinajstić information content (AvgIpc) is 3.61. The third kappa shape index (κ3) is 4.67. The van der Waals surface area contributed by atoms with Crippen molar-refractivity contribution in [2.75, 3.05) is 26.2 Å². The van der Waals surface area contributed by atoms with Gasteiger partial charge in [-0.3, -0.25) is 9.59 Å². The Morgan fingerprint density at radius 2 is 1.54 bits per heavy atom. The summed E-state index contributed by atoms with van der Waals surface area (Å²) >= 11 is 0. The van der Waals surface area contributed by atoms with Crippen LogP contribution in [0.15, 0.2) is 54.7 Å². The molecule has 5 rings (SSSR count). The van der Waals surface area contributed by atoms with Crippen LogP contribution in [0.2, 0.25) is 0 Å². The van der Waals surface area contributed by atoms with Crippen LogP contribution in [0.3, 0.4) is 0 Å². The Kier molecular flexibility index (Phi) is 5.86. The van der Waals surface area contributed by atoms with Crippen LogP contribution in [-0.2, 0) is 6.18 Å². The fraction of sp³-hybridized carbons (Fsp3) is 0.346. The second kappa shape index (κ2) is 8.87. The van der Waals surface area contributed by atoms with Gasteiger partial charge in [0.2, 0.25) is 0 Å². The van der Waals surface area contributed by atoms with Crippen molar-refractivity contribution in [1.29, 1.82) is 0 Å². The molecule has 0 unspecified atom stereocenters. The minimum atomic E-state index is -4.46. The zero-order chi connectivity index (χ0) is 24.7. The molecule has 182 valence electrons. The van der Waals surface area contributed by atoms with Crippen LogP contribution in [0.5, 0.6) is 0 Å². The Hall–Kier alpha value is -3.62. The van der Waals surface area contributed by atoms with E-state index < -0.39 is 11.7 Å². The van der Waals surface area contributed by atoms with Crippen LogP contribution in [0, 0.1) is 6.92 Å². The number of benzene rings is 2. The molecule has 2 amide bonds. The summed E-state index contributed by atoms with van der Waals surface area (Å²) in [7, 11) is 0. The number of alkyl halides is 3. The summed E-state index contributed by atoms with van der Waals surface area (Å²) < 4.78 is 41.2. The van der Waals surface area contributed by atoms with E-state index in [1.54, 1.807) is 28.0 Å². The van der Waals surface area contributed by atoms with Gasteiger partial charge in [0.15, 0.2) is 0 Å². The number of halogens is 3. The molecule has 35 heavy (non-hydrogen) atoms. The number of carbonyl (C=O) groups is 2. The van der Waals surface area contributed by atoms with E-state index in [4.69, 9.17) is 0 Å². The molecule has 3 aromatic rings. The Morgan fingerprint density at radius 3 is 2.14 bits per heavy atom. The number of carbonyl (C=O) groups excluding carboxylic acids is 2. The minimum absolute atomic E-state index is 0.0619. The van der Waals surface area contributed by atoms with Crippen LogP contribution >= 0.6 is 0 Å². The molecule has 1 saturated heterocycles. The van der Waals surface area contributed by atoms with Crippen LogP contribution in [0.25, 0.3) is 5.69 Å². The first-order valence-electron chi connectivity index (χ1n) is 11.6. The standard InChI is InChI=1S/C26H25F3N4O2/c1-17-5-7-19(8-6-17)24(34)31-11-13-32(14-12-31)25(35)22-16-30-33(23(22)18-9-10-18)21-4-2-3-20(15-21)26(27,28)29/h2-8,15-16,18H,9-14H2,1H3. The Labute approximate surface area is 200 Å². The van der Waals surface area contributed by atoms with Crippen LogP contribution < -0.4 is 0 Å². The van der Waals surface area contributed by atoms with E-state index in [9.17, 15) is 22.8 Å². The maximum atomic E-state index is 13.4. The average molecular weight is 483 g/mol. The van der Waals surface area contributed by atoms with Crippen LogP contribution in [0.4, 0.5) is 13.2 Å². The van der Waals surface area contributed by atoms with Crippen LogP contribution in [0.1, 0.15) is 56.3 Å². The van der Waals surface area contributed by atoms with Gasteiger partial charge in [-0.15, -0.1) is 0 Å². The predicted octanol–water partition coefficient (Wildman–Crippen LogP) is 4.68. The number of nitrogens with zero attached hydrogens (tertiary/aromatic N) is 4. The Bertz CT molecular complexity index is 1250. The molecule has 2 aliphatic rings. The van der Waals surface area contributed by atoms with Crippen molar-refractivity contribution in [3.8, 4) is 5.69 Å². The molecule has 1 saturated carbocycles. The van der Waals surface area contributed by atoms with Gasteiger partial charge >= 0.3 is 6.18 Å². The van der Waals surface area contributed by atoms with Crippen molar-refractivity contribution in [2.24, 2.45) is 0 Å². The Balaban J connectivity index is 1.33. The second-order valence-electron chi connectivity index (χ2n) is 9.13. The molecule has 2 heterocycles. The first-order chi connectivity index (χ1) is 16.7. The molecular formula is C26H25F3N4O2. The van der Waals surface area contributed by atoms with Gasteiger partial charge < -0.3 is 9.80 Å². The van der Waals surface area contributed by atoms with Gasteiger partial charge in [0.05, 0.1) is 28.7 Å². The van der Waals surface area contributed by atoms with E-state index in [0.717, 1.165) is 30.5 Å². The summed E-state index contributed by atoms with van der Waals surface area (Å²) in [5, 5.41) is 4.31. The second-order valence-corrected chi connectivity index (χ2v) is 9.13. The number of hydrogen-bond acceptors (Lipinski definition) is 3. The maximum Gasteiger partial charge on any atom is 0.416 e. The molecule has 6 nitrogen and oxygen atoms in total. The van der Waals surface area contributed by atoms with Crippen molar-refractivity contribution in [3.63, 3.8) is 0 Å². The molecule has 0 N–H and O–H groups in total. The first kappa shape index (κ1) is 23.1. The topological polar surface area (TPSA) is 58.4 Å². The number of amides is 2. The number of aryl methyl sites for hydroxylation is 1. The minimum Gasteiger partial charge on any atom is -0.335 e. The molecule has 2 aromatic carbocycles. The molecule has 1 aliphatic carbocycles. The fourth-order valence-corrected chi connectivity index (χ4v) is 4.45. The van der Waals surface area contributed by atoms with Crippen molar-refractivity contribution in [1.82, 2.24) is 19.6 Å². The molecule has 1 aliphatic heterocycles. The highest BCUT2D eigenvalue weighted by Gasteiger charge is 2.36. The number of piperazine rings is 1. The predicted molar refractivity (Wildman–Crippen MR) is 124 cm³/mol. The van der Waals surface area contributed by atoms with Crippen molar-refractivity contribution >= 4 is 11.8 Å². The number of hydrogen-bond donors (Lipinski definition) is 0. The smallest absolute Gasteiger partial charge is 0.335 e. The van der Waals surface area contributed by atoms with Gasteiger partial charge in [0.25, 0.3) is 11.8 Å². The molecule has 0 bridgehead atoms. The van der Waals surface area contributed by atoms with E-state index in [0.29, 0.717) is 43.0 Å². The van der Waals surface area contributed by atoms with E-state index in [-0.39, 0.29) is 23.4 Å². The summed E-state index contributed by atoms with van der Waals surface area (Å²) in [6.07, 6.45) is -1.27. The SMILES string of the molecule is Cc1ccc(C(=O)N2CCN(C(=O)c3cnn(-c4cccc(C(F)(F)F)c4)c3C3CC3)CC2)cc1. The van der Waals surface area contributed by atoms with E-state index in [1.807, 2.05) is 19.1 Å². The van der Waals surface area contributed by atoms with Gasteiger partial charge in [-0.1, -0.05) is 23.8 Å². The van der Waals surface area contributed by atoms with E-state index >= 15 is 0 Å². The van der Waals surface area contributed by atoms with Gasteiger partial charge in [-0.2, -0.15) is 18.3 Å². The quantitative estimate of drug-likeness (QED) is 0.543. The maximum absolute atomic E-state index is 13.4. The van der Waals surface area contributed by atoms with Crippen molar-refractivity contribution < 1.29 is 22.8 Å². The van der Waals surface area contributed by atoms with Crippen molar-refractivity contribution in [2.45, 2.75) is 31.9 Å². The van der Waals surface area contributed by atoms with E-state index in [2.05, 4.69) is 5.10 Å². The van der Waals surface area contributed by atoms with Gasteiger partial charge in [0, 0.05) is 37.7 Å². The lowest BCUT2D eigenvalue weighted by Gasteiger charge is -2.35. The third-order valence-electron chi connectivity index (χ3n) is 6.57. The summed E-state index contributed by atoms with van der Waals surface area (Å²) in [6, 6.07) is 12.4. The molecule has 0 atom stereocenters. The fourth-order valence-electron chi connectivity index (χ4n) is 4.45. The zero-order valence-electron chi connectivity index (χ0n) is 19.3. The van der Waals surface area contributed by atoms with E-state index in [1.165, 1.54) is 16.9 Å². The summed E-state index contributed by atoms with van der Waals surface area (Å²) in [5.41, 5.74) is 2.31. The summed E-state index contributed by atoms with van der Waals surface area (Å²) in [6.45, 7) is 3.56. The highest BCUT2D eigenvalue weighted by molar-refractivity contribution is 5.97. The van der Waals surface area contributed by atoms with Gasteiger partial charge in [-0.05, 0) is 50.1 Å². The highest BCUT2D eigenvalue weighted by atomic mass is 19.4. The third-order valence-corrected chi connectivity index (χ3v) is 6.57. The molecule has 2 fully saturated rings. The molecule has 0 spiro atoms. The Morgan fingerprint density at radius 1 is 0.914 bits per heavy atom.